The summed E-state index contributed by atoms with van der Waals surface area (Å²) in [6.07, 6.45) is -8.47. The molecule has 26 heavy (non-hydrogen) atoms. The second-order valence-electron chi connectivity index (χ2n) is 5.71. The van der Waals surface area contributed by atoms with Gasteiger partial charge in [-0.2, -0.15) is 0 Å². The molecule has 1 fully saturated rings. The van der Waals surface area contributed by atoms with Gasteiger partial charge in [0.25, 0.3) is 0 Å². The maximum Gasteiger partial charge on any atom is 0.335 e. The van der Waals surface area contributed by atoms with E-state index < -0.39 is 42.6 Å². The maximum absolute atomic E-state index is 11.1. The molecule has 5 unspecified atom stereocenters. The minimum Gasteiger partial charge on any atom is -0.479 e. The van der Waals surface area contributed by atoms with Gasteiger partial charge in [0.2, 0.25) is 6.29 Å². The number of carbonyl (C=O) groups excluding carboxylic acids is 1. The van der Waals surface area contributed by atoms with Gasteiger partial charge in [0.05, 0.1) is 5.69 Å². The Kier molecular flexibility index (Phi) is 6.37. The molecule has 1 aromatic rings. The molecule has 1 aliphatic rings. The van der Waals surface area contributed by atoms with Gasteiger partial charge in [0, 0.05) is 14.0 Å². The van der Waals surface area contributed by atoms with E-state index in [1.165, 1.54) is 13.0 Å². The fraction of sp³-hybridized carbons (Fsp3) is 0.500. The highest BCUT2D eigenvalue weighted by atomic mass is 16.7. The molecule has 1 aromatic carbocycles. The zero-order valence-electron chi connectivity index (χ0n) is 14.2. The molecule has 144 valence electrons. The smallest absolute Gasteiger partial charge is 0.335 e. The molecule has 1 saturated heterocycles. The van der Waals surface area contributed by atoms with Crippen LogP contribution in [0.15, 0.2) is 18.2 Å². The van der Waals surface area contributed by atoms with Crippen LogP contribution in [0.3, 0.4) is 0 Å². The predicted octanol–water partition coefficient (Wildman–Crippen LogP) is -0.938. The molecule has 1 heterocycles. The Morgan fingerprint density at radius 2 is 1.88 bits per heavy atom. The summed E-state index contributed by atoms with van der Waals surface area (Å²) < 4.78 is 15.5. The minimum absolute atomic E-state index is 0.0544. The molecular weight excluding hydrogens is 350 g/mol. The molecule has 0 aliphatic carbocycles. The van der Waals surface area contributed by atoms with Crippen LogP contribution in [0, 0.1) is 0 Å². The zero-order chi connectivity index (χ0) is 19.4. The topological polar surface area (TPSA) is 155 Å². The highest BCUT2D eigenvalue weighted by Gasteiger charge is 2.48. The highest BCUT2D eigenvalue weighted by molar-refractivity contribution is 5.73. The zero-order valence-corrected chi connectivity index (χ0v) is 14.2. The maximum atomic E-state index is 11.1. The third kappa shape index (κ3) is 4.41. The van der Waals surface area contributed by atoms with Gasteiger partial charge in [-0.15, -0.1) is 0 Å². The van der Waals surface area contributed by atoms with Crippen LogP contribution in [-0.2, 0) is 25.7 Å². The summed E-state index contributed by atoms with van der Waals surface area (Å²) in [6, 6.07) is 4.75. The van der Waals surface area contributed by atoms with Gasteiger partial charge < -0.3 is 40.0 Å². The number of benzene rings is 1. The number of hydrogen-bond donors (Lipinski definition) is 5. The Bertz CT molecular complexity index is 665. The van der Waals surface area contributed by atoms with Crippen LogP contribution in [0.4, 0.5) is 5.69 Å². The quantitative estimate of drug-likeness (QED) is 0.396. The first-order chi connectivity index (χ1) is 12.2. The fourth-order valence-corrected chi connectivity index (χ4v) is 2.42. The number of nitrogens with one attached hydrogen (secondary N) is 1. The van der Waals surface area contributed by atoms with Crippen molar-refractivity contribution >= 4 is 17.6 Å². The number of rotatable bonds is 6. The molecule has 1 aliphatic heterocycles. The van der Waals surface area contributed by atoms with E-state index >= 15 is 0 Å². The molecule has 5 atom stereocenters. The fourth-order valence-electron chi connectivity index (χ4n) is 2.42. The van der Waals surface area contributed by atoms with Crippen molar-refractivity contribution in [3.05, 3.63) is 23.8 Å². The summed E-state index contributed by atoms with van der Waals surface area (Å²) in [4.78, 5) is 22.0. The molecule has 2 rings (SSSR count). The average molecular weight is 371 g/mol. The Labute approximate surface area is 148 Å². The Morgan fingerprint density at radius 3 is 2.46 bits per heavy atom. The summed E-state index contributed by atoms with van der Waals surface area (Å²) in [7, 11) is 1.61. The number of ether oxygens (including phenoxy) is 3. The van der Waals surface area contributed by atoms with Crippen molar-refractivity contribution in [3.63, 3.8) is 0 Å². The number of carboxylic acids is 1. The Balaban J connectivity index is 2.18. The standard InChI is InChI=1S/C16H21NO9/c1-7(18)24-6-8-3-4-10(9(5-8)17-2)25-16-13(21)11(19)12(20)14(26-16)15(22)23/h3-5,11-14,16-17,19-21H,6H2,1-2H3,(H,22,23). The summed E-state index contributed by atoms with van der Waals surface area (Å²) in [6.45, 7) is 1.34. The first-order valence-corrected chi connectivity index (χ1v) is 7.77. The van der Waals surface area contributed by atoms with Crippen LogP contribution in [0.25, 0.3) is 0 Å². The minimum atomic E-state index is -1.79. The second-order valence-corrected chi connectivity index (χ2v) is 5.71. The molecule has 0 amide bonds. The lowest BCUT2D eigenvalue weighted by atomic mass is 9.99. The number of aliphatic carboxylic acids is 1. The third-order valence-electron chi connectivity index (χ3n) is 3.81. The number of esters is 1. The van der Waals surface area contributed by atoms with E-state index in [0.29, 0.717) is 11.3 Å². The first kappa shape index (κ1) is 19.9. The van der Waals surface area contributed by atoms with Crippen molar-refractivity contribution in [2.75, 3.05) is 12.4 Å². The molecule has 5 N–H and O–H groups in total. The number of aliphatic hydroxyl groups is 3. The lowest BCUT2D eigenvalue weighted by Gasteiger charge is -2.38. The molecular formula is C16H21NO9. The average Bonchev–Trinajstić information content (AvgIpc) is 2.60. The molecule has 10 nitrogen and oxygen atoms in total. The highest BCUT2D eigenvalue weighted by Crippen LogP contribution is 2.30. The Morgan fingerprint density at radius 1 is 1.19 bits per heavy atom. The molecule has 10 heteroatoms. The van der Waals surface area contributed by atoms with Crippen LogP contribution in [0.2, 0.25) is 0 Å². The van der Waals surface area contributed by atoms with Crippen molar-refractivity contribution in [2.24, 2.45) is 0 Å². The number of hydrogen-bond acceptors (Lipinski definition) is 9. The van der Waals surface area contributed by atoms with Gasteiger partial charge in [-0.05, 0) is 17.7 Å². The van der Waals surface area contributed by atoms with Gasteiger partial charge in [-0.3, -0.25) is 4.79 Å². The van der Waals surface area contributed by atoms with Gasteiger partial charge in [-0.1, -0.05) is 6.07 Å². The van der Waals surface area contributed by atoms with E-state index in [0.717, 1.165) is 0 Å². The van der Waals surface area contributed by atoms with E-state index in [1.807, 2.05) is 0 Å². The molecule has 0 radical (unpaired) electrons. The van der Waals surface area contributed by atoms with Gasteiger partial charge in [-0.25, -0.2) is 4.79 Å². The lowest BCUT2D eigenvalue weighted by Crippen LogP contribution is -2.61. The van der Waals surface area contributed by atoms with E-state index in [9.17, 15) is 24.9 Å². The molecule has 0 aromatic heterocycles. The first-order valence-electron chi connectivity index (χ1n) is 7.77. The number of carbonyl (C=O) groups is 2. The van der Waals surface area contributed by atoms with Crippen LogP contribution < -0.4 is 10.1 Å². The third-order valence-corrected chi connectivity index (χ3v) is 3.81. The summed E-state index contributed by atoms with van der Waals surface area (Å²) >= 11 is 0. The number of anilines is 1. The van der Waals surface area contributed by atoms with E-state index in [2.05, 4.69) is 5.32 Å². The van der Waals surface area contributed by atoms with E-state index in [1.54, 1.807) is 19.2 Å². The van der Waals surface area contributed by atoms with Crippen molar-refractivity contribution in [1.29, 1.82) is 0 Å². The van der Waals surface area contributed by atoms with Crippen molar-refractivity contribution < 1.29 is 44.2 Å². The predicted molar refractivity (Wildman–Crippen MR) is 86.4 cm³/mol. The summed E-state index contributed by atoms with van der Waals surface area (Å²) in [5, 5.41) is 41.4. The van der Waals surface area contributed by atoms with Gasteiger partial charge >= 0.3 is 11.9 Å². The summed E-state index contributed by atoms with van der Waals surface area (Å²) in [5.41, 5.74) is 1.12. The van der Waals surface area contributed by atoms with Crippen molar-refractivity contribution in [1.82, 2.24) is 0 Å². The largest absolute Gasteiger partial charge is 0.479 e. The van der Waals surface area contributed by atoms with Crippen LogP contribution in [-0.4, -0.2) is 70.1 Å². The number of carboxylic acid groups (broad SMARTS) is 1. The lowest BCUT2D eigenvalue weighted by molar-refractivity contribution is -0.271. The van der Waals surface area contributed by atoms with Gasteiger partial charge in [0.15, 0.2) is 6.10 Å². The SMILES string of the molecule is CNc1cc(COC(C)=O)ccc1OC1OC(C(=O)O)C(O)C(O)C1O. The van der Waals surface area contributed by atoms with Gasteiger partial charge in [0.1, 0.15) is 30.7 Å². The van der Waals surface area contributed by atoms with Crippen LogP contribution in [0.1, 0.15) is 12.5 Å². The normalized spacial score (nSPS) is 28.3. The molecule has 0 saturated carbocycles. The van der Waals surface area contributed by atoms with Crippen LogP contribution in [0.5, 0.6) is 5.75 Å². The van der Waals surface area contributed by atoms with E-state index in [4.69, 9.17) is 19.3 Å². The monoisotopic (exact) mass is 371 g/mol. The van der Waals surface area contributed by atoms with E-state index in [-0.39, 0.29) is 12.4 Å². The summed E-state index contributed by atoms with van der Waals surface area (Å²) in [5.74, 6) is -1.72. The molecule has 0 bridgehead atoms. The second kappa shape index (κ2) is 8.32. The van der Waals surface area contributed by atoms with Crippen molar-refractivity contribution in [2.45, 2.75) is 44.2 Å². The van der Waals surface area contributed by atoms with Crippen molar-refractivity contribution in [3.8, 4) is 5.75 Å². The molecule has 0 spiro atoms. The van der Waals surface area contributed by atoms with Crippen LogP contribution >= 0.6 is 0 Å². The number of aliphatic hydroxyl groups excluding tert-OH is 3. The Hall–Kier alpha value is -2.40.